The fourth-order valence-electron chi connectivity index (χ4n) is 2.73. The summed E-state index contributed by atoms with van der Waals surface area (Å²) >= 11 is 1.07. The third-order valence-corrected chi connectivity index (χ3v) is 7.64. The Morgan fingerprint density at radius 3 is 2.32 bits per heavy atom. The van der Waals surface area contributed by atoms with E-state index >= 15 is 0 Å². The van der Waals surface area contributed by atoms with Gasteiger partial charge in [-0.3, -0.25) is 4.79 Å². The Hall–Kier alpha value is -1.91. The van der Waals surface area contributed by atoms with Gasteiger partial charge < -0.3 is 4.90 Å². The van der Waals surface area contributed by atoms with E-state index in [-0.39, 0.29) is 29.2 Å². The zero-order valence-corrected chi connectivity index (χ0v) is 16.6. The maximum absolute atomic E-state index is 12.7. The van der Waals surface area contributed by atoms with Crippen LogP contribution < -0.4 is 0 Å². The van der Waals surface area contributed by atoms with Crippen molar-refractivity contribution in [2.45, 2.75) is 35.8 Å². The molecule has 0 bridgehead atoms. The highest BCUT2D eigenvalue weighted by molar-refractivity contribution is 7.91. The van der Waals surface area contributed by atoms with Crippen LogP contribution in [0.15, 0.2) is 46.0 Å². The molecule has 10 heteroatoms. The highest BCUT2D eigenvalue weighted by Crippen LogP contribution is 2.31. The number of hydrogen-bond donors (Lipinski definition) is 0. The number of carbonyl (C=O) groups excluding carboxylic acids is 1. The molecule has 3 rings (SSSR count). The van der Waals surface area contributed by atoms with Crippen molar-refractivity contribution in [1.82, 2.24) is 9.21 Å². The number of benzene rings is 1. The normalized spacial score (nSPS) is 15.0. The number of hydrogen-bond acceptors (Lipinski definition) is 4. The zero-order valence-electron chi connectivity index (χ0n) is 15.0. The second-order valence-electron chi connectivity index (χ2n) is 6.64. The highest BCUT2D eigenvalue weighted by atomic mass is 32.2. The van der Waals surface area contributed by atoms with Gasteiger partial charge in [-0.2, -0.15) is 17.5 Å². The lowest BCUT2D eigenvalue weighted by Crippen LogP contribution is -2.41. The van der Waals surface area contributed by atoms with Crippen molar-refractivity contribution in [2.24, 2.45) is 0 Å². The summed E-state index contributed by atoms with van der Waals surface area (Å²) in [6.45, 7) is -0.175. The summed E-state index contributed by atoms with van der Waals surface area (Å²) in [5, 5.41) is 1.64. The molecule has 1 aromatic carbocycles. The molecule has 0 N–H and O–H groups in total. The van der Waals surface area contributed by atoms with Gasteiger partial charge in [-0.25, -0.2) is 8.42 Å². The first-order valence-corrected chi connectivity index (χ1v) is 10.9. The summed E-state index contributed by atoms with van der Waals surface area (Å²) in [6, 6.07) is 7.75. The van der Waals surface area contributed by atoms with Gasteiger partial charge in [-0.15, -0.1) is 11.3 Å². The molecule has 0 radical (unpaired) electrons. The number of nitrogens with zero attached hydrogens (tertiary/aromatic N) is 2. The monoisotopic (exact) mass is 432 g/mol. The van der Waals surface area contributed by atoms with E-state index in [9.17, 15) is 26.4 Å². The van der Waals surface area contributed by atoms with Gasteiger partial charge >= 0.3 is 6.18 Å². The lowest BCUT2D eigenvalue weighted by Gasteiger charge is -2.25. The molecule has 152 valence electrons. The van der Waals surface area contributed by atoms with E-state index in [4.69, 9.17) is 0 Å². The first kappa shape index (κ1) is 20.8. The maximum atomic E-state index is 12.7. The van der Waals surface area contributed by atoms with Crippen LogP contribution in [0.5, 0.6) is 0 Å². The number of thiophene rings is 1. The Bertz CT molecular complexity index is 922. The summed E-state index contributed by atoms with van der Waals surface area (Å²) < 4.78 is 64.2. The molecule has 5 nitrogen and oxygen atoms in total. The zero-order chi connectivity index (χ0) is 20.5. The van der Waals surface area contributed by atoms with Gasteiger partial charge in [-0.05, 0) is 42.0 Å². The lowest BCUT2D eigenvalue weighted by atomic mass is 10.1. The summed E-state index contributed by atoms with van der Waals surface area (Å²) in [4.78, 5) is 14.3. The largest absolute Gasteiger partial charge is 0.416 e. The van der Waals surface area contributed by atoms with Crippen LogP contribution in [0.1, 0.15) is 24.0 Å². The van der Waals surface area contributed by atoms with E-state index in [1.807, 2.05) is 0 Å². The predicted molar refractivity (Wildman–Crippen MR) is 99.2 cm³/mol. The molecule has 1 aliphatic carbocycles. The fraction of sp³-hybridized carbons (Fsp3) is 0.389. The third kappa shape index (κ3) is 4.73. The number of amides is 1. The predicted octanol–water partition coefficient (Wildman–Crippen LogP) is 3.58. The Balaban J connectivity index is 1.69. The van der Waals surface area contributed by atoms with Gasteiger partial charge in [0, 0.05) is 19.6 Å². The van der Waals surface area contributed by atoms with Crippen LogP contribution in [0.4, 0.5) is 13.2 Å². The van der Waals surface area contributed by atoms with Crippen LogP contribution >= 0.6 is 11.3 Å². The van der Waals surface area contributed by atoms with E-state index in [1.54, 1.807) is 16.3 Å². The molecule has 1 aliphatic rings. The Morgan fingerprint density at radius 1 is 1.18 bits per heavy atom. The summed E-state index contributed by atoms with van der Waals surface area (Å²) in [5.41, 5.74) is -0.181. The lowest BCUT2D eigenvalue weighted by molar-refractivity contribution is -0.137. The van der Waals surface area contributed by atoms with Crippen LogP contribution in [-0.2, 0) is 27.5 Å². The van der Waals surface area contributed by atoms with Crippen molar-refractivity contribution in [3.8, 4) is 0 Å². The average Bonchev–Trinajstić information content (AvgIpc) is 3.30. The van der Waals surface area contributed by atoms with Crippen molar-refractivity contribution in [3.05, 3.63) is 52.9 Å². The molecule has 2 aromatic rings. The van der Waals surface area contributed by atoms with Crippen molar-refractivity contribution in [3.63, 3.8) is 0 Å². The van der Waals surface area contributed by atoms with Gasteiger partial charge in [0.1, 0.15) is 4.21 Å². The van der Waals surface area contributed by atoms with Crippen LogP contribution in [0.2, 0.25) is 0 Å². The second kappa shape index (κ2) is 7.84. The number of likely N-dealkylation sites (N-methyl/N-ethyl adjacent to an activating group) is 1. The van der Waals surface area contributed by atoms with E-state index in [1.165, 1.54) is 25.2 Å². The molecule has 1 aromatic heterocycles. The molecule has 0 saturated heterocycles. The number of rotatable bonds is 7. The average molecular weight is 432 g/mol. The quantitative estimate of drug-likeness (QED) is 0.672. The van der Waals surface area contributed by atoms with Crippen molar-refractivity contribution < 1.29 is 26.4 Å². The smallest absolute Gasteiger partial charge is 0.334 e. The van der Waals surface area contributed by atoms with Crippen molar-refractivity contribution >= 4 is 27.3 Å². The maximum Gasteiger partial charge on any atom is 0.416 e. The molecule has 0 unspecified atom stereocenters. The Labute approximate surface area is 165 Å². The molecule has 0 spiro atoms. The van der Waals surface area contributed by atoms with E-state index in [0.29, 0.717) is 5.56 Å². The van der Waals surface area contributed by atoms with Gasteiger partial charge in [0.2, 0.25) is 5.91 Å². The molecule has 1 fully saturated rings. The Kier molecular flexibility index (Phi) is 5.83. The molecular formula is C18H19F3N2O3S2. The summed E-state index contributed by atoms with van der Waals surface area (Å²) in [7, 11) is -2.40. The summed E-state index contributed by atoms with van der Waals surface area (Å²) in [6.07, 6.45) is -2.81. The van der Waals surface area contributed by atoms with Gasteiger partial charge in [0.05, 0.1) is 12.1 Å². The molecule has 0 atom stereocenters. The van der Waals surface area contributed by atoms with E-state index in [0.717, 1.165) is 40.6 Å². The molecule has 28 heavy (non-hydrogen) atoms. The van der Waals surface area contributed by atoms with Crippen LogP contribution in [0.25, 0.3) is 0 Å². The van der Waals surface area contributed by atoms with Crippen LogP contribution in [0.3, 0.4) is 0 Å². The van der Waals surface area contributed by atoms with Crippen LogP contribution in [0, 0.1) is 0 Å². The Morgan fingerprint density at radius 2 is 1.82 bits per heavy atom. The first-order chi connectivity index (χ1) is 13.1. The summed E-state index contributed by atoms with van der Waals surface area (Å²) in [5.74, 6) is -0.370. The van der Waals surface area contributed by atoms with Gasteiger partial charge in [-0.1, -0.05) is 18.2 Å². The number of carbonyl (C=O) groups is 1. The van der Waals surface area contributed by atoms with E-state index in [2.05, 4.69) is 0 Å². The highest BCUT2D eigenvalue weighted by Gasteiger charge is 2.35. The van der Waals surface area contributed by atoms with Crippen LogP contribution in [-0.4, -0.2) is 43.2 Å². The topological polar surface area (TPSA) is 57.7 Å². The number of alkyl halides is 3. The van der Waals surface area contributed by atoms with Crippen molar-refractivity contribution in [2.75, 3.05) is 13.6 Å². The minimum Gasteiger partial charge on any atom is -0.334 e. The third-order valence-electron chi connectivity index (χ3n) is 4.46. The molecule has 1 saturated carbocycles. The van der Waals surface area contributed by atoms with Crippen molar-refractivity contribution in [1.29, 1.82) is 0 Å². The van der Waals surface area contributed by atoms with Gasteiger partial charge in [0.15, 0.2) is 0 Å². The minimum atomic E-state index is -4.41. The number of halogens is 3. The molecule has 0 aliphatic heterocycles. The first-order valence-electron chi connectivity index (χ1n) is 8.54. The minimum absolute atomic E-state index is 0.00682. The van der Waals surface area contributed by atoms with E-state index < -0.39 is 21.8 Å². The number of sulfonamides is 1. The fourth-order valence-corrected chi connectivity index (χ4v) is 5.05. The standard InChI is InChI=1S/C18H19F3N2O3S2/c1-22(28(25,26)17-3-2-10-27-17)12-16(24)23(15-8-9-15)11-13-4-6-14(7-5-13)18(19,20)21/h2-7,10,15H,8-9,11-12H2,1H3. The second-order valence-corrected chi connectivity index (χ2v) is 9.86. The molecule has 1 amide bonds. The SMILES string of the molecule is CN(CC(=O)N(Cc1ccc(C(F)(F)F)cc1)C1CC1)S(=O)(=O)c1cccs1. The molecule has 1 heterocycles. The molecular weight excluding hydrogens is 413 g/mol. The van der Waals surface area contributed by atoms with Gasteiger partial charge in [0.25, 0.3) is 10.0 Å².